The first-order valence-electron chi connectivity index (χ1n) is 11.3. The molecule has 0 aliphatic carbocycles. The maximum atomic E-state index is 13.3. The number of alkyl carbamates (subject to hydrolysis) is 1. The van der Waals surface area contributed by atoms with Crippen molar-refractivity contribution in [2.75, 3.05) is 32.7 Å². The van der Waals surface area contributed by atoms with Crippen LogP contribution in [0.4, 0.5) is 4.79 Å². The number of benzene rings is 1. The molecular weight excluding hydrogens is 392 g/mol. The molecule has 0 saturated carbocycles. The molecule has 1 unspecified atom stereocenters. The molecular formula is C24H32N4O3. The molecule has 0 spiro atoms. The van der Waals surface area contributed by atoms with E-state index in [4.69, 9.17) is 6.11 Å². The molecule has 0 bridgehead atoms. The van der Waals surface area contributed by atoms with Crippen molar-refractivity contribution < 1.29 is 15.7 Å². The Morgan fingerprint density at radius 3 is 2.48 bits per heavy atom. The van der Waals surface area contributed by atoms with Crippen molar-refractivity contribution in [1.29, 1.82) is 0 Å². The molecule has 1 aromatic heterocycles. The topological polar surface area (TPSA) is 74.8 Å². The van der Waals surface area contributed by atoms with Gasteiger partial charge in [0.25, 0.3) is 0 Å². The van der Waals surface area contributed by atoms with Crippen LogP contribution in [0.3, 0.4) is 0 Å². The van der Waals surface area contributed by atoms with Crippen LogP contribution in [-0.2, 0) is 16.0 Å². The zero-order valence-electron chi connectivity index (χ0n) is 19.3. The second-order valence-corrected chi connectivity index (χ2v) is 8.38. The molecule has 1 saturated heterocycles. The highest BCUT2D eigenvalue weighted by molar-refractivity contribution is 5.87. The van der Waals surface area contributed by atoms with E-state index >= 15 is 0 Å². The van der Waals surface area contributed by atoms with Crippen LogP contribution < -0.4 is 5.32 Å². The number of pyridine rings is 1. The van der Waals surface area contributed by atoms with Gasteiger partial charge in [0, 0.05) is 52.4 Å². The molecule has 1 aliphatic heterocycles. The fourth-order valence-corrected chi connectivity index (χ4v) is 3.52. The second-order valence-electron chi connectivity index (χ2n) is 8.38. The van der Waals surface area contributed by atoms with Crippen molar-refractivity contribution in [3.05, 3.63) is 66.0 Å². The second kappa shape index (κ2) is 10.4. The largest absolute Gasteiger partial charge is 0.444 e. The monoisotopic (exact) mass is 425 g/mol. The summed E-state index contributed by atoms with van der Waals surface area (Å²) in [5.74, 6) is -0.152. The lowest BCUT2D eigenvalue weighted by atomic mass is 10.1. The van der Waals surface area contributed by atoms with Gasteiger partial charge in [0.2, 0.25) is 5.91 Å². The van der Waals surface area contributed by atoms with Gasteiger partial charge in [-0.2, -0.15) is 0 Å². The molecule has 2 heterocycles. The van der Waals surface area contributed by atoms with Crippen LogP contribution in [-0.4, -0.2) is 65.1 Å². The van der Waals surface area contributed by atoms with Crippen LogP contribution >= 0.6 is 0 Å². The van der Waals surface area contributed by atoms with Gasteiger partial charge in [-0.3, -0.25) is 14.7 Å². The summed E-state index contributed by atoms with van der Waals surface area (Å²) in [6.45, 7) is 6.91. The minimum Gasteiger partial charge on any atom is -0.444 e. The van der Waals surface area contributed by atoms with Crippen molar-refractivity contribution >= 4 is 12.0 Å². The molecule has 7 heteroatoms. The lowest BCUT2D eigenvalue weighted by Crippen LogP contribution is -2.52. The molecule has 7 nitrogen and oxygen atoms in total. The summed E-state index contributed by atoms with van der Waals surface area (Å²) in [4.78, 5) is 34.3. The number of carbonyl (C=O) groups excluding carboxylic acids is 2. The maximum Gasteiger partial charge on any atom is 0.408 e. The van der Waals surface area contributed by atoms with E-state index in [1.807, 2.05) is 48.5 Å². The standard InChI is InChI=1S/C24H32N4O3/c1-24(2,3)31-23(30)26-21(19-9-5-4-6-10-19)22(29)28-17-15-27(16-18-28)14-12-20-11-7-8-13-25-20/h4-11,13,21H,12,14-18H2,1-3H3,(H,26,30)/i1D. The predicted octanol–water partition coefficient (Wildman–Crippen LogP) is 3.03. The average Bonchev–Trinajstić information content (AvgIpc) is 2.82. The minimum absolute atomic E-state index is 0.0647. The van der Waals surface area contributed by atoms with Gasteiger partial charge < -0.3 is 15.0 Å². The predicted molar refractivity (Wildman–Crippen MR) is 120 cm³/mol. The number of aromatic nitrogens is 1. The van der Waals surface area contributed by atoms with E-state index in [9.17, 15) is 9.59 Å². The smallest absolute Gasteiger partial charge is 0.408 e. The molecule has 1 N–H and O–H groups in total. The highest BCUT2D eigenvalue weighted by Gasteiger charge is 2.31. The third-order valence-electron chi connectivity index (χ3n) is 5.11. The maximum absolute atomic E-state index is 13.3. The van der Waals surface area contributed by atoms with Crippen LogP contribution in [0.25, 0.3) is 0 Å². The molecule has 1 fully saturated rings. The number of nitrogens with zero attached hydrogens (tertiary/aromatic N) is 3. The quantitative estimate of drug-likeness (QED) is 0.770. The summed E-state index contributed by atoms with van der Waals surface area (Å²) in [6.07, 6.45) is 1.98. The normalized spacial score (nSPS) is 16.3. The zero-order chi connectivity index (χ0) is 23.0. The number of amides is 2. The molecule has 166 valence electrons. The van der Waals surface area contributed by atoms with Gasteiger partial charge in [0.1, 0.15) is 11.6 Å². The fourth-order valence-electron chi connectivity index (χ4n) is 3.52. The van der Waals surface area contributed by atoms with Gasteiger partial charge in [-0.15, -0.1) is 0 Å². The van der Waals surface area contributed by atoms with Crippen LogP contribution in [0.2, 0.25) is 0 Å². The highest BCUT2D eigenvalue weighted by atomic mass is 16.6. The summed E-state index contributed by atoms with van der Waals surface area (Å²) in [5, 5.41) is 2.72. The summed E-state index contributed by atoms with van der Waals surface area (Å²) in [7, 11) is 0. The van der Waals surface area contributed by atoms with E-state index in [0.717, 1.165) is 31.7 Å². The van der Waals surface area contributed by atoms with E-state index in [0.29, 0.717) is 18.7 Å². The lowest BCUT2D eigenvalue weighted by Gasteiger charge is -2.36. The van der Waals surface area contributed by atoms with Gasteiger partial charge >= 0.3 is 6.09 Å². The number of rotatable bonds is 6. The third-order valence-corrected chi connectivity index (χ3v) is 5.11. The Balaban J connectivity index is 1.59. The van der Waals surface area contributed by atoms with Crippen molar-refractivity contribution in [2.45, 2.75) is 38.8 Å². The molecule has 2 amide bonds. The average molecular weight is 426 g/mol. The van der Waals surface area contributed by atoms with E-state index in [1.165, 1.54) is 0 Å². The Hall–Kier alpha value is -2.93. The molecule has 1 aliphatic rings. The van der Waals surface area contributed by atoms with Crippen molar-refractivity contribution in [3.63, 3.8) is 0 Å². The summed E-state index contributed by atoms with van der Waals surface area (Å²) < 4.78 is 12.9. The first-order valence-corrected chi connectivity index (χ1v) is 10.6. The molecule has 1 aromatic carbocycles. The van der Waals surface area contributed by atoms with Gasteiger partial charge in [-0.25, -0.2) is 4.79 Å². The first-order chi connectivity index (χ1) is 15.4. The number of ether oxygens (including phenoxy) is 1. The number of hydrogen-bond acceptors (Lipinski definition) is 5. The van der Waals surface area contributed by atoms with Gasteiger partial charge in [0.15, 0.2) is 0 Å². The highest BCUT2D eigenvalue weighted by Crippen LogP contribution is 2.19. The Bertz CT molecular complexity index is 871. The van der Waals surface area contributed by atoms with E-state index in [1.54, 1.807) is 24.9 Å². The summed E-state index contributed by atoms with van der Waals surface area (Å²) in [6, 6.07) is 14.3. The number of hydrogen-bond donors (Lipinski definition) is 1. The molecule has 2 aromatic rings. The Morgan fingerprint density at radius 2 is 1.84 bits per heavy atom. The van der Waals surface area contributed by atoms with Crippen LogP contribution in [0, 0.1) is 0 Å². The number of nitrogens with one attached hydrogen (secondary N) is 1. The van der Waals surface area contributed by atoms with Crippen molar-refractivity contribution in [3.8, 4) is 0 Å². The number of carbonyl (C=O) groups is 2. The summed E-state index contributed by atoms with van der Waals surface area (Å²) in [5.41, 5.74) is 0.845. The molecule has 3 rings (SSSR count). The Labute approximate surface area is 185 Å². The Morgan fingerprint density at radius 1 is 1.13 bits per heavy atom. The van der Waals surface area contributed by atoms with Crippen LogP contribution in [0.1, 0.15) is 39.4 Å². The molecule has 0 radical (unpaired) electrons. The lowest BCUT2D eigenvalue weighted by molar-refractivity contribution is -0.135. The van der Waals surface area contributed by atoms with E-state index < -0.39 is 17.7 Å². The first kappa shape index (κ1) is 21.3. The third kappa shape index (κ3) is 7.07. The molecule has 31 heavy (non-hydrogen) atoms. The van der Waals surface area contributed by atoms with Crippen molar-refractivity contribution in [1.82, 2.24) is 20.1 Å². The zero-order valence-corrected chi connectivity index (χ0v) is 18.3. The minimum atomic E-state index is -0.923. The SMILES string of the molecule is [2H]CC(C)(C)OC(=O)NC(C(=O)N1CCN(CCc2ccccn2)CC1)c1ccccc1. The van der Waals surface area contributed by atoms with Crippen LogP contribution in [0.15, 0.2) is 54.7 Å². The number of piperazine rings is 1. The molecule has 1 atom stereocenters. The fraction of sp³-hybridized carbons (Fsp3) is 0.458. The van der Waals surface area contributed by atoms with Crippen LogP contribution in [0.5, 0.6) is 0 Å². The van der Waals surface area contributed by atoms with Crippen molar-refractivity contribution in [2.24, 2.45) is 0 Å². The Kier molecular flexibility index (Phi) is 7.14. The van der Waals surface area contributed by atoms with Gasteiger partial charge in [0.05, 0.1) is 0 Å². The van der Waals surface area contributed by atoms with E-state index in [-0.39, 0.29) is 12.8 Å². The van der Waals surface area contributed by atoms with Gasteiger partial charge in [-0.05, 0) is 38.4 Å². The van der Waals surface area contributed by atoms with E-state index in [2.05, 4.69) is 15.2 Å². The summed E-state index contributed by atoms with van der Waals surface area (Å²) >= 11 is 0. The van der Waals surface area contributed by atoms with Gasteiger partial charge in [-0.1, -0.05) is 36.4 Å².